The summed E-state index contributed by atoms with van der Waals surface area (Å²) in [7, 11) is 0. The van der Waals surface area contributed by atoms with Crippen LogP contribution in [0.1, 0.15) is 19.3 Å². The minimum Gasteiger partial charge on any atom is -0.490 e. The number of ketones is 1. The van der Waals surface area contributed by atoms with E-state index in [4.69, 9.17) is 9.47 Å². The number of ether oxygens (including phenoxy) is 2. The number of anilines is 1. The lowest BCUT2D eigenvalue weighted by atomic mass is 10.1. The van der Waals surface area contributed by atoms with Crippen molar-refractivity contribution in [1.82, 2.24) is 0 Å². The van der Waals surface area contributed by atoms with Crippen LogP contribution in [0.5, 0.6) is 11.5 Å². The maximum atomic E-state index is 11.2. The van der Waals surface area contributed by atoms with Crippen molar-refractivity contribution in [1.29, 1.82) is 0 Å². The second kappa shape index (κ2) is 4.88. The van der Waals surface area contributed by atoms with Crippen molar-refractivity contribution >= 4 is 11.5 Å². The van der Waals surface area contributed by atoms with Crippen LogP contribution in [0.25, 0.3) is 0 Å². The maximum absolute atomic E-state index is 11.2. The van der Waals surface area contributed by atoms with Gasteiger partial charge in [0.15, 0.2) is 11.5 Å². The lowest BCUT2D eigenvalue weighted by Crippen LogP contribution is -2.33. The maximum Gasteiger partial charge on any atom is 0.163 e. The molecule has 0 unspecified atom stereocenters. The molecule has 2 aliphatic heterocycles. The van der Waals surface area contributed by atoms with Gasteiger partial charge in [-0.3, -0.25) is 4.79 Å². The first-order chi connectivity index (χ1) is 8.83. The molecule has 4 nitrogen and oxygen atoms in total. The molecule has 0 radical (unpaired) electrons. The molecule has 0 bridgehead atoms. The zero-order valence-electron chi connectivity index (χ0n) is 10.4. The van der Waals surface area contributed by atoms with Gasteiger partial charge in [-0.15, -0.1) is 0 Å². The van der Waals surface area contributed by atoms with Crippen molar-refractivity contribution in [2.24, 2.45) is 0 Å². The van der Waals surface area contributed by atoms with Gasteiger partial charge in [0.2, 0.25) is 0 Å². The number of carbonyl (C=O) groups excluding carboxylic acids is 1. The van der Waals surface area contributed by atoms with Crippen molar-refractivity contribution in [2.75, 3.05) is 31.2 Å². The van der Waals surface area contributed by atoms with E-state index in [-0.39, 0.29) is 0 Å². The fraction of sp³-hybridized carbons (Fsp3) is 0.500. The number of hydrogen-bond donors (Lipinski definition) is 0. The number of hydrogen-bond acceptors (Lipinski definition) is 4. The first-order valence-corrected chi connectivity index (χ1v) is 6.49. The van der Waals surface area contributed by atoms with Gasteiger partial charge < -0.3 is 14.4 Å². The third-order valence-electron chi connectivity index (χ3n) is 3.42. The number of piperidine rings is 1. The van der Waals surface area contributed by atoms with Crippen LogP contribution in [0.4, 0.5) is 5.69 Å². The Balaban J connectivity index is 1.81. The van der Waals surface area contributed by atoms with Gasteiger partial charge >= 0.3 is 0 Å². The van der Waals surface area contributed by atoms with Crippen LogP contribution in [0.15, 0.2) is 18.2 Å². The highest BCUT2D eigenvalue weighted by Gasteiger charge is 2.18. The predicted molar refractivity (Wildman–Crippen MR) is 68.5 cm³/mol. The lowest BCUT2D eigenvalue weighted by Gasteiger charge is -2.28. The molecule has 4 heteroatoms. The standard InChI is InChI=1S/C14H17NO3/c16-12-4-6-15(7-5-12)11-2-3-13-14(10-11)18-9-1-8-17-13/h2-3,10H,1,4-9H2. The molecule has 1 aromatic carbocycles. The molecule has 0 aliphatic carbocycles. The molecule has 18 heavy (non-hydrogen) atoms. The Morgan fingerprint density at radius 3 is 2.50 bits per heavy atom. The summed E-state index contributed by atoms with van der Waals surface area (Å²) in [4.78, 5) is 13.5. The highest BCUT2D eigenvalue weighted by Crippen LogP contribution is 2.34. The van der Waals surface area contributed by atoms with E-state index in [2.05, 4.69) is 4.90 Å². The third kappa shape index (κ3) is 2.28. The lowest BCUT2D eigenvalue weighted by molar-refractivity contribution is -0.119. The topological polar surface area (TPSA) is 38.8 Å². The van der Waals surface area contributed by atoms with Crippen LogP contribution in [-0.4, -0.2) is 32.1 Å². The van der Waals surface area contributed by atoms with Gasteiger partial charge in [0, 0.05) is 44.1 Å². The van der Waals surface area contributed by atoms with E-state index in [1.54, 1.807) is 0 Å². The van der Waals surface area contributed by atoms with E-state index in [1.807, 2.05) is 18.2 Å². The molecule has 96 valence electrons. The van der Waals surface area contributed by atoms with Crippen LogP contribution in [0.2, 0.25) is 0 Å². The van der Waals surface area contributed by atoms with Gasteiger partial charge in [-0.05, 0) is 12.1 Å². The van der Waals surface area contributed by atoms with Crippen molar-refractivity contribution < 1.29 is 14.3 Å². The Morgan fingerprint density at radius 2 is 1.72 bits per heavy atom. The van der Waals surface area contributed by atoms with E-state index >= 15 is 0 Å². The summed E-state index contributed by atoms with van der Waals surface area (Å²) in [6, 6.07) is 6.03. The largest absolute Gasteiger partial charge is 0.490 e. The average molecular weight is 247 g/mol. The number of nitrogens with zero attached hydrogens (tertiary/aromatic N) is 1. The summed E-state index contributed by atoms with van der Waals surface area (Å²) in [5.74, 6) is 2.01. The Bertz CT molecular complexity index is 448. The number of fused-ring (bicyclic) bond motifs is 1. The zero-order chi connectivity index (χ0) is 12.4. The molecular formula is C14H17NO3. The van der Waals surface area contributed by atoms with Gasteiger partial charge in [-0.2, -0.15) is 0 Å². The Labute approximate surface area is 106 Å². The summed E-state index contributed by atoms with van der Waals surface area (Å²) < 4.78 is 11.3. The van der Waals surface area contributed by atoms with Gasteiger partial charge in [-0.25, -0.2) is 0 Å². The van der Waals surface area contributed by atoms with Crippen LogP contribution < -0.4 is 14.4 Å². The number of rotatable bonds is 1. The smallest absolute Gasteiger partial charge is 0.163 e. The van der Waals surface area contributed by atoms with E-state index in [9.17, 15) is 4.79 Å². The average Bonchev–Trinajstić information content (AvgIpc) is 2.64. The Kier molecular flexibility index (Phi) is 3.09. The van der Waals surface area contributed by atoms with E-state index in [0.29, 0.717) is 31.8 Å². The zero-order valence-corrected chi connectivity index (χ0v) is 10.4. The molecule has 1 saturated heterocycles. The highest BCUT2D eigenvalue weighted by molar-refractivity contribution is 5.81. The molecule has 2 aliphatic rings. The molecule has 1 fully saturated rings. The van der Waals surface area contributed by atoms with E-state index in [1.165, 1.54) is 0 Å². The van der Waals surface area contributed by atoms with Gasteiger partial charge in [-0.1, -0.05) is 0 Å². The monoisotopic (exact) mass is 247 g/mol. The van der Waals surface area contributed by atoms with Crippen LogP contribution in [0, 0.1) is 0 Å². The Morgan fingerprint density at radius 1 is 1.00 bits per heavy atom. The first kappa shape index (κ1) is 11.4. The number of carbonyl (C=O) groups is 1. The summed E-state index contributed by atoms with van der Waals surface area (Å²) in [6.45, 7) is 3.02. The molecule has 0 spiro atoms. The van der Waals surface area contributed by atoms with Crippen LogP contribution in [-0.2, 0) is 4.79 Å². The molecule has 0 saturated carbocycles. The first-order valence-electron chi connectivity index (χ1n) is 6.49. The van der Waals surface area contributed by atoms with Gasteiger partial charge in [0.1, 0.15) is 5.78 Å². The normalized spacial score (nSPS) is 19.6. The molecule has 2 heterocycles. The van der Waals surface area contributed by atoms with Crippen molar-refractivity contribution in [3.05, 3.63) is 18.2 Å². The van der Waals surface area contributed by atoms with Gasteiger partial charge in [0.05, 0.1) is 13.2 Å². The fourth-order valence-corrected chi connectivity index (χ4v) is 2.36. The van der Waals surface area contributed by atoms with Crippen molar-refractivity contribution in [3.8, 4) is 11.5 Å². The minimum absolute atomic E-state index is 0.362. The summed E-state index contributed by atoms with van der Waals surface area (Å²) >= 11 is 0. The number of benzene rings is 1. The van der Waals surface area contributed by atoms with Gasteiger partial charge in [0.25, 0.3) is 0 Å². The fourth-order valence-electron chi connectivity index (χ4n) is 2.36. The SMILES string of the molecule is O=C1CCN(c2ccc3c(c2)OCCCO3)CC1. The molecule has 3 rings (SSSR count). The quantitative estimate of drug-likeness (QED) is 0.761. The van der Waals surface area contributed by atoms with Crippen LogP contribution in [0.3, 0.4) is 0 Å². The van der Waals surface area contributed by atoms with Crippen LogP contribution >= 0.6 is 0 Å². The second-order valence-corrected chi connectivity index (χ2v) is 4.71. The molecule has 0 amide bonds. The molecule has 0 N–H and O–H groups in total. The summed E-state index contributed by atoms with van der Waals surface area (Å²) in [5, 5.41) is 0. The summed E-state index contributed by atoms with van der Waals surface area (Å²) in [5.41, 5.74) is 1.12. The molecular weight excluding hydrogens is 230 g/mol. The number of Topliss-reactive ketones (excluding diaryl/α,β-unsaturated/α-hetero) is 1. The van der Waals surface area contributed by atoms with Crippen molar-refractivity contribution in [3.63, 3.8) is 0 Å². The van der Waals surface area contributed by atoms with E-state index < -0.39 is 0 Å². The minimum atomic E-state index is 0.362. The summed E-state index contributed by atoms with van der Waals surface area (Å²) in [6.07, 6.45) is 2.21. The predicted octanol–water partition coefficient (Wildman–Crippen LogP) is 2.02. The molecule has 0 atom stereocenters. The molecule has 1 aromatic rings. The Hall–Kier alpha value is -1.71. The molecule has 0 aromatic heterocycles. The van der Waals surface area contributed by atoms with Crippen molar-refractivity contribution in [2.45, 2.75) is 19.3 Å². The highest BCUT2D eigenvalue weighted by atomic mass is 16.5. The third-order valence-corrected chi connectivity index (χ3v) is 3.42. The van der Waals surface area contributed by atoms with E-state index in [0.717, 1.165) is 36.7 Å². The second-order valence-electron chi connectivity index (χ2n) is 4.71.